The molecule has 1 saturated carbocycles. The molecule has 28 heavy (non-hydrogen) atoms. The van der Waals surface area contributed by atoms with E-state index >= 15 is 0 Å². The summed E-state index contributed by atoms with van der Waals surface area (Å²) in [5, 5.41) is 9.83. The molecule has 2 rings (SSSR count). The number of aliphatic imine (C=N–C) groups is 1. The van der Waals surface area contributed by atoms with Crippen LogP contribution in [0.25, 0.3) is 0 Å². The molecule has 8 heteroatoms. The van der Waals surface area contributed by atoms with Crippen LogP contribution in [0, 0.1) is 0 Å². The topological polar surface area (TPSA) is 82.6 Å². The van der Waals surface area contributed by atoms with Crippen molar-refractivity contribution in [2.45, 2.75) is 56.9 Å². The third kappa shape index (κ3) is 8.89. The van der Waals surface area contributed by atoms with Gasteiger partial charge >= 0.3 is 0 Å². The molecule has 158 valence electrons. The number of guanidine groups is 1. The number of hydrogen-bond acceptors (Lipinski definition) is 3. The molecule has 1 amide bonds. The minimum Gasteiger partial charge on any atom is -0.356 e. The highest BCUT2D eigenvalue weighted by atomic mass is 127. The van der Waals surface area contributed by atoms with E-state index in [1.165, 1.54) is 0 Å². The van der Waals surface area contributed by atoms with Gasteiger partial charge in [0.2, 0.25) is 5.91 Å². The lowest BCUT2D eigenvalue weighted by molar-refractivity contribution is -0.121. The number of halogens is 1. The zero-order valence-corrected chi connectivity index (χ0v) is 19.9. The largest absolute Gasteiger partial charge is 0.356 e. The molecule has 0 bridgehead atoms. The molecule has 1 fully saturated rings. The van der Waals surface area contributed by atoms with Gasteiger partial charge in [0.15, 0.2) is 5.96 Å². The smallest absolute Gasteiger partial charge is 0.222 e. The molecule has 0 heterocycles. The lowest BCUT2D eigenvalue weighted by atomic mass is 9.95. The summed E-state index contributed by atoms with van der Waals surface area (Å²) in [7, 11) is 0.998. The summed E-state index contributed by atoms with van der Waals surface area (Å²) in [6.45, 7) is 3.05. The maximum Gasteiger partial charge on any atom is 0.222 e. The second-order valence-electron chi connectivity index (χ2n) is 6.81. The average molecular weight is 520 g/mol. The number of rotatable bonds is 8. The van der Waals surface area contributed by atoms with Gasteiger partial charge < -0.3 is 16.0 Å². The van der Waals surface area contributed by atoms with Crippen molar-refractivity contribution >= 4 is 46.6 Å². The molecule has 1 aliphatic rings. The van der Waals surface area contributed by atoms with E-state index in [1.54, 1.807) is 7.05 Å². The molecule has 3 atom stereocenters. The number of hydrogen-bond donors (Lipinski definition) is 3. The molecule has 6 nitrogen and oxygen atoms in total. The van der Waals surface area contributed by atoms with Crippen LogP contribution in [0.4, 0.5) is 0 Å². The molecule has 3 N–H and O–H groups in total. The lowest BCUT2D eigenvalue weighted by Gasteiger charge is -2.30. The van der Waals surface area contributed by atoms with Crippen molar-refractivity contribution in [1.82, 2.24) is 16.0 Å². The van der Waals surface area contributed by atoms with E-state index in [0.29, 0.717) is 25.5 Å². The molecule has 1 aliphatic carbocycles. The van der Waals surface area contributed by atoms with E-state index < -0.39 is 10.8 Å². The highest BCUT2D eigenvalue weighted by Crippen LogP contribution is 2.22. The first-order chi connectivity index (χ1) is 13.1. The quantitative estimate of drug-likeness (QED) is 0.280. The van der Waals surface area contributed by atoms with Crippen LogP contribution in [0.2, 0.25) is 0 Å². The standard InChI is InChI=1S/C20H32N4O2S.HI/c1-3-27(26)18-11-7-10-17(14-18)24-20(21-2)22-13-12-19(25)23-15-16-8-5-4-6-9-16;/h4-6,8-9,17-18H,3,7,10-15H2,1-2H3,(H,23,25)(H2,21,22,24);1H. The van der Waals surface area contributed by atoms with Crippen LogP contribution < -0.4 is 16.0 Å². The number of nitrogens with zero attached hydrogens (tertiary/aromatic N) is 1. The van der Waals surface area contributed by atoms with Crippen molar-refractivity contribution in [3.05, 3.63) is 35.9 Å². The summed E-state index contributed by atoms with van der Waals surface area (Å²) in [5.74, 6) is 1.44. The highest BCUT2D eigenvalue weighted by Gasteiger charge is 2.25. The predicted octanol–water partition coefficient (Wildman–Crippen LogP) is 2.56. The summed E-state index contributed by atoms with van der Waals surface area (Å²) in [6.07, 6.45) is 4.51. The Kier molecular flexibility index (Phi) is 12.4. The molecule has 1 aromatic carbocycles. The van der Waals surface area contributed by atoms with E-state index in [4.69, 9.17) is 0 Å². The van der Waals surface area contributed by atoms with Crippen molar-refractivity contribution in [2.75, 3.05) is 19.3 Å². The van der Waals surface area contributed by atoms with Crippen molar-refractivity contribution in [1.29, 1.82) is 0 Å². The zero-order chi connectivity index (χ0) is 19.5. The molecule has 0 radical (unpaired) electrons. The number of amides is 1. The van der Waals surface area contributed by atoms with Crippen molar-refractivity contribution in [2.24, 2.45) is 4.99 Å². The summed E-state index contributed by atoms with van der Waals surface area (Å²) in [6, 6.07) is 10.2. The zero-order valence-electron chi connectivity index (χ0n) is 16.8. The van der Waals surface area contributed by atoms with Gasteiger partial charge in [-0.2, -0.15) is 0 Å². The fraction of sp³-hybridized carbons (Fsp3) is 0.600. The molecule has 0 aromatic heterocycles. The fourth-order valence-corrected chi connectivity index (χ4v) is 4.67. The first kappa shape index (κ1) is 24.9. The Morgan fingerprint density at radius 2 is 1.96 bits per heavy atom. The van der Waals surface area contributed by atoms with E-state index in [-0.39, 0.29) is 41.2 Å². The molecule has 0 spiro atoms. The van der Waals surface area contributed by atoms with Gasteiger partial charge in [0.1, 0.15) is 0 Å². The third-order valence-electron chi connectivity index (χ3n) is 4.82. The third-order valence-corrected chi connectivity index (χ3v) is 6.56. The first-order valence-corrected chi connectivity index (χ1v) is 11.2. The maximum atomic E-state index is 12.1. The van der Waals surface area contributed by atoms with Crippen LogP contribution in [-0.4, -0.2) is 46.7 Å². The maximum absolute atomic E-state index is 12.1. The monoisotopic (exact) mass is 520 g/mol. The summed E-state index contributed by atoms with van der Waals surface area (Å²) in [5.41, 5.74) is 1.09. The van der Waals surface area contributed by atoms with Gasteiger partial charge in [0, 0.05) is 54.4 Å². The lowest BCUT2D eigenvalue weighted by Crippen LogP contribution is -2.47. The molecule has 0 aliphatic heterocycles. The Morgan fingerprint density at radius 1 is 1.21 bits per heavy atom. The Bertz CT molecular complexity index is 642. The molecule has 3 unspecified atom stereocenters. The van der Waals surface area contributed by atoms with Gasteiger partial charge in [0.25, 0.3) is 0 Å². The number of nitrogens with one attached hydrogen (secondary N) is 3. The fourth-order valence-electron chi connectivity index (χ4n) is 3.32. The highest BCUT2D eigenvalue weighted by molar-refractivity contribution is 14.0. The van der Waals surface area contributed by atoms with Crippen LogP contribution in [-0.2, 0) is 22.1 Å². The molecular formula is C20H33IN4O2S. The van der Waals surface area contributed by atoms with Crippen molar-refractivity contribution in [3.63, 3.8) is 0 Å². The van der Waals surface area contributed by atoms with Gasteiger partial charge in [-0.05, 0) is 24.8 Å². The summed E-state index contributed by atoms with van der Waals surface area (Å²) >= 11 is 0. The Morgan fingerprint density at radius 3 is 2.64 bits per heavy atom. The normalized spacial score (nSPS) is 20.6. The second kappa shape index (κ2) is 13.9. The Balaban J connectivity index is 0.00000392. The van der Waals surface area contributed by atoms with Gasteiger partial charge in [-0.1, -0.05) is 43.7 Å². The van der Waals surface area contributed by atoms with Gasteiger partial charge in [-0.15, -0.1) is 24.0 Å². The molecule has 1 aromatic rings. The van der Waals surface area contributed by atoms with E-state index in [1.807, 2.05) is 37.3 Å². The van der Waals surface area contributed by atoms with Crippen LogP contribution in [0.3, 0.4) is 0 Å². The van der Waals surface area contributed by atoms with Crippen molar-refractivity contribution in [3.8, 4) is 0 Å². The SMILES string of the molecule is CCS(=O)C1CCCC(NC(=NC)NCCC(=O)NCc2ccccc2)C1.I. The second-order valence-corrected chi connectivity index (χ2v) is 8.82. The minimum atomic E-state index is -0.734. The van der Waals surface area contributed by atoms with E-state index in [0.717, 1.165) is 37.0 Å². The minimum absolute atomic E-state index is 0. The first-order valence-electron chi connectivity index (χ1n) is 9.77. The predicted molar refractivity (Wildman–Crippen MR) is 128 cm³/mol. The van der Waals surface area contributed by atoms with Gasteiger partial charge in [-0.3, -0.25) is 14.0 Å². The van der Waals surface area contributed by atoms with Crippen molar-refractivity contribution < 1.29 is 9.00 Å². The Hall–Kier alpha value is -1.16. The average Bonchev–Trinajstić information content (AvgIpc) is 2.71. The van der Waals surface area contributed by atoms with Gasteiger partial charge in [-0.25, -0.2) is 0 Å². The number of carbonyl (C=O) groups excluding carboxylic acids is 1. The van der Waals surface area contributed by atoms with Crippen LogP contribution in [0.15, 0.2) is 35.3 Å². The molecule has 0 saturated heterocycles. The number of benzene rings is 1. The summed E-state index contributed by atoms with van der Waals surface area (Å²) < 4.78 is 12.1. The van der Waals surface area contributed by atoms with E-state index in [2.05, 4.69) is 20.9 Å². The van der Waals surface area contributed by atoms with Crippen LogP contribution >= 0.6 is 24.0 Å². The van der Waals surface area contributed by atoms with Crippen LogP contribution in [0.5, 0.6) is 0 Å². The van der Waals surface area contributed by atoms with Gasteiger partial charge in [0.05, 0.1) is 0 Å². The summed E-state index contributed by atoms with van der Waals surface area (Å²) in [4.78, 5) is 16.2. The Labute approximate surface area is 188 Å². The number of carbonyl (C=O) groups is 1. The van der Waals surface area contributed by atoms with Crippen LogP contribution in [0.1, 0.15) is 44.6 Å². The van der Waals surface area contributed by atoms with E-state index in [9.17, 15) is 9.00 Å². The molecular weight excluding hydrogens is 487 g/mol.